The van der Waals surface area contributed by atoms with Crippen LogP contribution in [-0.2, 0) is 6.54 Å². The van der Waals surface area contributed by atoms with Crippen LogP contribution in [0.25, 0.3) is 11.6 Å². The SMILES string of the molecule is CCCn1c(-c2ccc(Cl)o2)n[nH]c1=S. The molecular formula is C9H10ClN3OS. The fraction of sp³-hybridized carbons (Fsp3) is 0.333. The van der Waals surface area contributed by atoms with E-state index < -0.39 is 0 Å². The van der Waals surface area contributed by atoms with Gasteiger partial charge in [-0.25, -0.2) is 0 Å². The van der Waals surface area contributed by atoms with Crippen molar-refractivity contribution in [2.24, 2.45) is 0 Å². The van der Waals surface area contributed by atoms with E-state index in [9.17, 15) is 0 Å². The number of aromatic amines is 1. The summed E-state index contributed by atoms with van der Waals surface area (Å²) in [5.41, 5.74) is 0. The standard InChI is InChI=1S/C9H10ClN3OS/c1-2-5-13-8(11-12-9(13)15)6-3-4-7(10)14-6/h3-4H,2,5H2,1H3,(H,12,15). The molecule has 2 aromatic heterocycles. The number of rotatable bonds is 3. The molecule has 0 radical (unpaired) electrons. The monoisotopic (exact) mass is 243 g/mol. The molecule has 2 rings (SSSR count). The third-order valence-corrected chi connectivity index (χ3v) is 2.51. The van der Waals surface area contributed by atoms with E-state index in [2.05, 4.69) is 17.1 Å². The van der Waals surface area contributed by atoms with Gasteiger partial charge in [0.1, 0.15) is 0 Å². The summed E-state index contributed by atoms with van der Waals surface area (Å²) in [6, 6.07) is 3.46. The van der Waals surface area contributed by atoms with Crippen LogP contribution in [0.2, 0.25) is 5.22 Å². The molecule has 0 aromatic carbocycles. The molecule has 0 spiro atoms. The van der Waals surface area contributed by atoms with Crippen molar-refractivity contribution in [2.45, 2.75) is 19.9 Å². The van der Waals surface area contributed by atoms with E-state index in [1.165, 1.54) is 0 Å². The molecule has 0 saturated carbocycles. The smallest absolute Gasteiger partial charge is 0.198 e. The number of hydrogen-bond acceptors (Lipinski definition) is 3. The lowest BCUT2D eigenvalue weighted by Gasteiger charge is -2.01. The fourth-order valence-corrected chi connectivity index (χ4v) is 1.74. The Morgan fingerprint density at radius 1 is 1.60 bits per heavy atom. The largest absolute Gasteiger partial charge is 0.441 e. The maximum Gasteiger partial charge on any atom is 0.198 e. The number of nitrogens with one attached hydrogen (secondary N) is 1. The molecule has 0 fully saturated rings. The Morgan fingerprint density at radius 2 is 2.40 bits per heavy atom. The zero-order valence-corrected chi connectivity index (χ0v) is 9.73. The first kappa shape index (κ1) is 10.4. The van der Waals surface area contributed by atoms with Crippen LogP contribution in [0.3, 0.4) is 0 Å². The van der Waals surface area contributed by atoms with Crippen molar-refractivity contribution in [1.29, 1.82) is 0 Å². The second-order valence-corrected chi connectivity index (χ2v) is 3.87. The van der Waals surface area contributed by atoms with Gasteiger partial charge in [-0.15, -0.1) is 0 Å². The molecule has 0 amide bonds. The number of halogens is 1. The van der Waals surface area contributed by atoms with E-state index >= 15 is 0 Å². The average molecular weight is 244 g/mol. The zero-order chi connectivity index (χ0) is 10.8. The van der Waals surface area contributed by atoms with Gasteiger partial charge in [0.2, 0.25) is 0 Å². The van der Waals surface area contributed by atoms with Crippen molar-refractivity contribution in [1.82, 2.24) is 14.8 Å². The maximum absolute atomic E-state index is 5.71. The lowest BCUT2D eigenvalue weighted by Crippen LogP contribution is -1.99. The minimum Gasteiger partial charge on any atom is -0.441 e. The number of furan rings is 1. The minimum atomic E-state index is 0.349. The van der Waals surface area contributed by atoms with Gasteiger partial charge < -0.3 is 4.42 Å². The summed E-state index contributed by atoms with van der Waals surface area (Å²) in [6.07, 6.45) is 0.981. The molecule has 15 heavy (non-hydrogen) atoms. The molecule has 1 N–H and O–H groups in total. The Bertz CT molecular complexity index is 513. The van der Waals surface area contributed by atoms with Crippen LogP contribution in [0, 0.1) is 4.77 Å². The van der Waals surface area contributed by atoms with Gasteiger partial charge in [0.15, 0.2) is 21.6 Å². The van der Waals surface area contributed by atoms with E-state index in [1.807, 2.05) is 4.57 Å². The first-order valence-corrected chi connectivity index (χ1v) is 5.42. The first-order chi connectivity index (χ1) is 7.22. The van der Waals surface area contributed by atoms with Gasteiger partial charge in [-0.1, -0.05) is 6.92 Å². The van der Waals surface area contributed by atoms with Gasteiger partial charge in [0.25, 0.3) is 0 Å². The quantitative estimate of drug-likeness (QED) is 0.842. The topological polar surface area (TPSA) is 46.8 Å². The van der Waals surface area contributed by atoms with Gasteiger partial charge in [0.05, 0.1) is 0 Å². The predicted octanol–water partition coefficient (Wildman–Crippen LogP) is 3.26. The third-order valence-electron chi connectivity index (χ3n) is 2.00. The molecule has 6 heteroatoms. The summed E-state index contributed by atoms with van der Waals surface area (Å²) in [4.78, 5) is 0. The summed E-state index contributed by atoms with van der Waals surface area (Å²) >= 11 is 10.8. The number of nitrogens with zero attached hydrogens (tertiary/aromatic N) is 2. The van der Waals surface area contributed by atoms with Crippen molar-refractivity contribution < 1.29 is 4.42 Å². The molecule has 0 aliphatic rings. The molecule has 0 bridgehead atoms. The highest BCUT2D eigenvalue weighted by atomic mass is 35.5. The summed E-state index contributed by atoms with van der Waals surface area (Å²) < 4.78 is 7.78. The van der Waals surface area contributed by atoms with Crippen LogP contribution in [0.15, 0.2) is 16.5 Å². The molecule has 0 aliphatic heterocycles. The van der Waals surface area contributed by atoms with Gasteiger partial charge in [-0.05, 0) is 42.4 Å². The summed E-state index contributed by atoms with van der Waals surface area (Å²) in [5, 5.41) is 7.20. The number of H-pyrrole nitrogens is 1. The zero-order valence-electron chi connectivity index (χ0n) is 8.16. The van der Waals surface area contributed by atoms with Crippen LogP contribution in [0.1, 0.15) is 13.3 Å². The highest BCUT2D eigenvalue weighted by Crippen LogP contribution is 2.23. The van der Waals surface area contributed by atoms with Crippen LogP contribution < -0.4 is 0 Å². The van der Waals surface area contributed by atoms with Crippen LogP contribution in [0.4, 0.5) is 0 Å². The lowest BCUT2D eigenvalue weighted by atomic mass is 10.4. The second-order valence-electron chi connectivity index (χ2n) is 3.11. The highest BCUT2D eigenvalue weighted by Gasteiger charge is 2.11. The third kappa shape index (κ3) is 1.98. The Kier molecular flexibility index (Phi) is 2.93. The maximum atomic E-state index is 5.71. The van der Waals surface area contributed by atoms with Gasteiger partial charge in [-0.3, -0.25) is 9.67 Å². The van der Waals surface area contributed by atoms with Gasteiger partial charge in [0, 0.05) is 6.54 Å². The molecule has 2 aromatic rings. The Balaban J connectivity index is 2.48. The van der Waals surface area contributed by atoms with Gasteiger partial charge >= 0.3 is 0 Å². The first-order valence-electron chi connectivity index (χ1n) is 4.63. The Morgan fingerprint density at radius 3 is 3.00 bits per heavy atom. The molecule has 80 valence electrons. The summed E-state index contributed by atoms with van der Waals surface area (Å²) in [5.74, 6) is 1.31. The molecule has 0 aliphatic carbocycles. The average Bonchev–Trinajstić information content (AvgIpc) is 2.76. The normalized spacial score (nSPS) is 10.8. The molecule has 0 unspecified atom stereocenters. The minimum absolute atomic E-state index is 0.349. The van der Waals surface area contributed by atoms with E-state index in [0.717, 1.165) is 13.0 Å². The lowest BCUT2D eigenvalue weighted by molar-refractivity contribution is 0.567. The van der Waals surface area contributed by atoms with E-state index in [1.54, 1.807) is 12.1 Å². The number of hydrogen-bond donors (Lipinski definition) is 1. The Labute approximate surface area is 96.9 Å². The predicted molar refractivity (Wildman–Crippen MR) is 60.4 cm³/mol. The summed E-state index contributed by atoms with van der Waals surface area (Å²) in [7, 11) is 0. The second kappa shape index (κ2) is 4.20. The summed E-state index contributed by atoms with van der Waals surface area (Å²) in [6.45, 7) is 2.89. The molecule has 4 nitrogen and oxygen atoms in total. The van der Waals surface area contributed by atoms with E-state index in [-0.39, 0.29) is 0 Å². The fourth-order valence-electron chi connectivity index (χ4n) is 1.37. The van der Waals surface area contributed by atoms with Crippen LogP contribution >= 0.6 is 23.8 Å². The van der Waals surface area contributed by atoms with Gasteiger partial charge in [-0.2, -0.15) is 5.10 Å². The van der Waals surface area contributed by atoms with E-state index in [4.69, 9.17) is 28.2 Å². The van der Waals surface area contributed by atoms with Crippen molar-refractivity contribution in [3.05, 3.63) is 22.1 Å². The van der Waals surface area contributed by atoms with E-state index in [0.29, 0.717) is 21.6 Å². The van der Waals surface area contributed by atoms with Crippen molar-refractivity contribution in [3.63, 3.8) is 0 Å². The van der Waals surface area contributed by atoms with Crippen molar-refractivity contribution in [2.75, 3.05) is 0 Å². The Hall–Kier alpha value is -1.07. The van der Waals surface area contributed by atoms with Crippen molar-refractivity contribution in [3.8, 4) is 11.6 Å². The molecule has 0 saturated heterocycles. The number of aromatic nitrogens is 3. The van der Waals surface area contributed by atoms with Crippen LogP contribution in [0.5, 0.6) is 0 Å². The van der Waals surface area contributed by atoms with Crippen molar-refractivity contribution >= 4 is 23.8 Å². The molecular weight excluding hydrogens is 234 g/mol. The molecule has 2 heterocycles. The van der Waals surface area contributed by atoms with Crippen LogP contribution in [-0.4, -0.2) is 14.8 Å². The highest BCUT2D eigenvalue weighted by molar-refractivity contribution is 7.71. The molecule has 0 atom stereocenters.